The van der Waals surface area contributed by atoms with Gasteiger partial charge in [0.25, 0.3) is 0 Å². The first kappa shape index (κ1) is 14.5. The lowest BCUT2D eigenvalue weighted by Gasteiger charge is -2.26. The van der Waals surface area contributed by atoms with Gasteiger partial charge in [0, 0.05) is 13.1 Å². The van der Waals surface area contributed by atoms with Crippen LogP contribution in [0.5, 0.6) is 11.5 Å². The standard InChI is InChI=1S/C14H20N2O4/c1-2-19-12-3-5-13(6-4-12)20-11-15-14(17)16-7-9-18-10-8-16/h3-6H,2,7-11H2,1H3,(H,15,17). The monoisotopic (exact) mass is 280 g/mol. The maximum atomic E-state index is 11.8. The molecule has 0 atom stereocenters. The van der Waals surface area contributed by atoms with Gasteiger partial charge in [-0.05, 0) is 31.2 Å². The molecule has 2 amide bonds. The smallest absolute Gasteiger partial charge is 0.320 e. The maximum absolute atomic E-state index is 11.8. The summed E-state index contributed by atoms with van der Waals surface area (Å²) in [5, 5.41) is 2.72. The molecule has 6 heteroatoms. The van der Waals surface area contributed by atoms with E-state index in [-0.39, 0.29) is 12.8 Å². The number of hydrogen-bond acceptors (Lipinski definition) is 4. The van der Waals surface area contributed by atoms with Gasteiger partial charge in [0.1, 0.15) is 11.5 Å². The van der Waals surface area contributed by atoms with Crippen LogP contribution < -0.4 is 14.8 Å². The van der Waals surface area contributed by atoms with E-state index in [1.165, 1.54) is 0 Å². The molecule has 1 heterocycles. The molecular formula is C14H20N2O4. The van der Waals surface area contributed by atoms with E-state index in [4.69, 9.17) is 14.2 Å². The highest BCUT2D eigenvalue weighted by Crippen LogP contribution is 2.17. The molecule has 0 saturated carbocycles. The molecular weight excluding hydrogens is 260 g/mol. The fraction of sp³-hybridized carbons (Fsp3) is 0.500. The number of benzene rings is 1. The molecule has 0 aliphatic carbocycles. The molecule has 1 aromatic rings. The van der Waals surface area contributed by atoms with Crippen LogP contribution in [0.2, 0.25) is 0 Å². The number of urea groups is 1. The molecule has 0 bridgehead atoms. The van der Waals surface area contributed by atoms with Gasteiger partial charge in [0.2, 0.25) is 0 Å². The van der Waals surface area contributed by atoms with Crippen LogP contribution in [0.1, 0.15) is 6.92 Å². The van der Waals surface area contributed by atoms with Gasteiger partial charge in [-0.3, -0.25) is 0 Å². The number of carbonyl (C=O) groups is 1. The van der Waals surface area contributed by atoms with E-state index >= 15 is 0 Å². The molecule has 110 valence electrons. The molecule has 0 aromatic heterocycles. The summed E-state index contributed by atoms with van der Waals surface area (Å²) in [6.07, 6.45) is 0. The topological polar surface area (TPSA) is 60.0 Å². The Morgan fingerprint density at radius 3 is 2.40 bits per heavy atom. The van der Waals surface area contributed by atoms with Crippen LogP contribution >= 0.6 is 0 Å². The van der Waals surface area contributed by atoms with Crippen molar-refractivity contribution in [2.75, 3.05) is 39.6 Å². The number of nitrogens with one attached hydrogen (secondary N) is 1. The third-order valence-electron chi connectivity index (χ3n) is 2.90. The fourth-order valence-corrected chi connectivity index (χ4v) is 1.86. The van der Waals surface area contributed by atoms with Crippen LogP contribution in [0.25, 0.3) is 0 Å². The van der Waals surface area contributed by atoms with Crippen molar-refractivity contribution in [2.24, 2.45) is 0 Å². The highest BCUT2D eigenvalue weighted by molar-refractivity contribution is 5.74. The van der Waals surface area contributed by atoms with E-state index in [1.54, 1.807) is 4.90 Å². The molecule has 2 rings (SSSR count). The Morgan fingerprint density at radius 1 is 1.20 bits per heavy atom. The maximum Gasteiger partial charge on any atom is 0.320 e. The highest BCUT2D eigenvalue weighted by atomic mass is 16.5. The van der Waals surface area contributed by atoms with Gasteiger partial charge < -0.3 is 24.4 Å². The van der Waals surface area contributed by atoms with E-state index in [1.807, 2.05) is 31.2 Å². The van der Waals surface area contributed by atoms with Crippen molar-refractivity contribution in [2.45, 2.75) is 6.92 Å². The minimum atomic E-state index is -0.126. The third kappa shape index (κ3) is 4.31. The van der Waals surface area contributed by atoms with Gasteiger partial charge in [-0.1, -0.05) is 0 Å². The summed E-state index contributed by atoms with van der Waals surface area (Å²) in [7, 11) is 0. The molecule has 20 heavy (non-hydrogen) atoms. The predicted octanol–water partition coefficient (Wildman–Crippen LogP) is 1.46. The van der Waals surface area contributed by atoms with E-state index < -0.39 is 0 Å². The fourth-order valence-electron chi connectivity index (χ4n) is 1.86. The van der Waals surface area contributed by atoms with Crippen LogP contribution in [0.15, 0.2) is 24.3 Å². The van der Waals surface area contributed by atoms with E-state index in [2.05, 4.69) is 5.32 Å². The summed E-state index contributed by atoms with van der Waals surface area (Å²) >= 11 is 0. The first-order chi connectivity index (χ1) is 9.79. The summed E-state index contributed by atoms with van der Waals surface area (Å²) in [4.78, 5) is 13.5. The van der Waals surface area contributed by atoms with Crippen molar-refractivity contribution in [3.05, 3.63) is 24.3 Å². The Kier molecular flexibility index (Phi) is 5.49. The Balaban J connectivity index is 1.70. The third-order valence-corrected chi connectivity index (χ3v) is 2.90. The first-order valence-electron chi connectivity index (χ1n) is 6.76. The van der Waals surface area contributed by atoms with Crippen LogP contribution in [-0.4, -0.2) is 50.6 Å². The lowest BCUT2D eigenvalue weighted by atomic mass is 10.3. The van der Waals surface area contributed by atoms with Gasteiger partial charge in [-0.25, -0.2) is 4.79 Å². The van der Waals surface area contributed by atoms with E-state index in [0.29, 0.717) is 38.7 Å². The number of nitrogens with zero attached hydrogens (tertiary/aromatic N) is 1. The molecule has 0 spiro atoms. The molecule has 0 unspecified atom stereocenters. The van der Waals surface area contributed by atoms with Gasteiger partial charge in [0.05, 0.1) is 19.8 Å². The first-order valence-corrected chi connectivity index (χ1v) is 6.76. The van der Waals surface area contributed by atoms with Crippen LogP contribution in [0.3, 0.4) is 0 Å². The van der Waals surface area contributed by atoms with Gasteiger partial charge in [0.15, 0.2) is 6.73 Å². The second-order valence-electron chi connectivity index (χ2n) is 4.27. The minimum Gasteiger partial charge on any atom is -0.494 e. The van der Waals surface area contributed by atoms with Crippen molar-refractivity contribution in [1.82, 2.24) is 10.2 Å². The minimum absolute atomic E-state index is 0.126. The predicted molar refractivity (Wildman–Crippen MR) is 74.0 cm³/mol. The highest BCUT2D eigenvalue weighted by Gasteiger charge is 2.15. The van der Waals surface area contributed by atoms with Gasteiger partial charge in [-0.2, -0.15) is 0 Å². The zero-order valence-corrected chi connectivity index (χ0v) is 11.6. The Labute approximate surface area is 118 Å². The summed E-state index contributed by atoms with van der Waals surface area (Å²) in [5.41, 5.74) is 0. The second-order valence-corrected chi connectivity index (χ2v) is 4.27. The Morgan fingerprint density at radius 2 is 1.80 bits per heavy atom. The number of amides is 2. The molecule has 1 aliphatic heterocycles. The lowest BCUT2D eigenvalue weighted by molar-refractivity contribution is 0.0518. The van der Waals surface area contributed by atoms with Crippen molar-refractivity contribution >= 4 is 6.03 Å². The molecule has 1 saturated heterocycles. The van der Waals surface area contributed by atoms with Gasteiger partial charge >= 0.3 is 6.03 Å². The molecule has 1 fully saturated rings. The number of rotatable bonds is 5. The normalized spacial score (nSPS) is 14.8. The molecule has 0 radical (unpaired) electrons. The van der Waals surface area contributed by atoms with Gasteiger partial charge in [-0.15, -0.1) is 0 Å². The largest absolute Gasteiger partial charge is 0.494 e. The van der Waals surface area contributed by atoms with Crippen molar-refractivity contribution in [1.29, 1.82) is 0 Å². The zero-order valence-electron chi connectivity index (χ0n) is 11.6. The van der Waals surface area contributed by atoms with E-state index in [9.17, 15) is 4.79 Å². The Hall–Kier alpha value is -1.95. The summed E-state index contributed by atoms with van der Waals surface area (Å²) in [6, 6.07) is 7.17. The zero-order chi connectivity index (χ0) is 14.2. The van der Waals surface area contributed by atoms with Crippen molar-refractivity contribution in [3.8, 4) is 11.5 Å². The summed E-state index contributed by atoms with van der Waals surface area (Å²) in [5.74, 6) is 1.49. The van der Waals surface area contributed by atoms with E-state index in [0.717, 1.165) is 5.75 Å². The molecule has 1 N–H and O–H groups in total. The van der Waals surface area contributed by atoms with Crippen molar-refractivity contribution in [3.63, 3.8) is 0 Å². The number of ether oxygens (including phenoxy) is 3. The summed E-state index contributed by atoms with van der Waals surface area (Å²) in [6.45, 7) is 5.13. The molecule has 6 nitrogen and oxygen atoms in total. The quantitative estimate of drug-likeness (QED) is 0.830. The average molecular weight is 280 g/mol. The lowest BCUT2D eigenvalue weighted by Crippen LogP contribution is -2.47. The summed E-state index contributed by atoms with van der Waals surface area (Å²) < 4.78 is 16.0. The number of hydrogen-bond donors (Lipinski definition) is 1. The van der Waals surface area contributed by atoms with Crippen LogP contribution in [0.4, 0.5) is 4.79 Å². The molecule has 1 aromatic carbocycles. The number of carbonyl (C=O) groups excluding carboxylic acids is 1. The number of morpholine rings is 1. The SMILES string of the molecule is CCOc1ccc(OCNC(=O)N2CCOCC2)cc1. The second kappa shape index (κ2) is 7.59. The average Bonchev–Trinajstić information content (AvgIpc) is 2.50. The van der Waals surface area contributed by atoms with Crippen molar-refractivity contribution < 1.29 is 19.0 Å². The Bertz CT molecular complexity index is 416. The molecule has 1 aliphatic rings. The van der Waals surface area contributed by atoms with Crippen LogP contribution in [-0.2, 0) is 4.74 Å². The van der Waals surface area contributed by atoms with Crippen LogP contribution in [0, 0.1) is 0 Å².